The van der Waals surface area contributed by atoms with E-state index in [9.17, 15) is 45.1 Å². The molecule has 0 saturated carbocycles. The molecule has 0 bridgehead atoms. The van der Waals surface area contributed by atoms with Gasteiger partial charge < -0.3 is 20.9 Å². The molecular formula is C16H13F5N2O6S2. The minimum absolute atomic E-state index is 0.231. The number of halogens is 5. The van der Waals surface area contributed by atoms with Crippen molar-refractivity contribution in [2.75, 3.05) is 5.32 Å². The van der Waals surface area contributed by atoms with Crippen molar-refractivity contribution in [3.05, 3.63) is 35.4 Å². The summed E-state index contributed by atoms with van der Waals surface area (Å²) >= 11 is 0.231. The fourth-order valence-electron chi connectivity index (χ4n) is 2.07. The predicted molar refractivity (Wildman–Crippen MR) is 96.3 cm³/mol. The lowest BCUT2D eigenvalue weighted by molar-refractivity contribution is -0.275. The third-order valence-electron chi connectivity index (χ3n) is 3.55. The molecule has 4 N–H and O–H groups in total. The Bertz CT molecular complexity index is 1150. The smallest absolute Gasteiger partial charge is 0.403 e. The number of benzene rings is 1. The van der Waals surface area contributed by atoms with E-state index in [1.807, 2.05) is 0 Å². The Morgan fingerprint density at radius 3 is 2.23 bits per heavy atom. The molecule has 2 rings (SSSR count). The molecule has 2 amide bonds. The Morgan fingerprint density at radius 2 is 1.74 bits per heavy atom. The third kappa shape index (κ3) is 5.29. The summed E-state index contributed by atoms with van der Waals surface area (Å²) in [5.74, 6) is -8.18. The van der Waals surface area contributed by atoms with Crippen molar-refractivity contribution < 1.29 is 49.8 Å². The average molecular weight is 488 g/mol. The van der Waals surface area contributed by atoms with Crippen LogP contribution in [0, 0.1) is 11.6 Å². The first kappa shape index (κ1) is 24.5. The highest BCUT2D eigenvalue weighted by Gasteiger charge is 2.36. The van der Waals surface area contributed by atoms with Crippen molar-refractivity contribution in [1.29, 1.82) is 0 Å². The highest BCUT2D eigenvalue weighted by molar-refractivity contribution is 7.93. The second kappa shape index (κ2) is 8.05. The highest BCUT2D eigenvalue weighted by Crippen LogP contribution is 2.37. The average Bonchev–Trinajstić information content (AvgIpc) is 3.02. The first-order valence-electron chi connectivity index (χ1n) is 7.91. The number of aliphatic hydroxyl groups is 1. The molecule has 0 atom stereocenters. The number of primary amides is 1. The van der Waals surface area contributed by atoms with Crippen LogP contribution in [0.5, 0.6) is 5.75 Å². The Morgan fingerprint density at radius 1 is 1.16 bits per heavy atom. The van der Waals surface area contributed by atoms with Gasteiger partial charge in [-0.15, -0.1) is 24.5 Å². The molecule has 1 aromatic carbocycles. The number of carbonyl (C=O) groups is 2. The summed E-state index contributed by atoms with van der Waals surface area (Å²) in [4.78, 5) is 22.2. The molecule has 1 aromatic heterocycles. The number of nitrogens with two attached hydrogens (primary N) is 1. The maximum atomic E-state index is 14.3. The lowest BCUT2D eigenvalue weighted by Crippen LogP contribution is -2.36. The number of anilines is 1. The summed E-state index contributed by atoms with van der Waals surface area (Å²) in [6.45, 7) is 2.19. The lowest BCUT2D eigenvalue weighted by atomic mass is 10.1. The maximum Gasteiger partial charge on any atom is 0.573 e. The van der Waals surface area contributed by atoms with Crippen molar-refractivity contribution in [1.82, 2.24) is 0 Å². The van der Waals surface area contributed by atoms with Crippen LogP contribution < -0.4 is 15.8 Å². The summed E-state index contributed by atoms with van der Waals surface area (Å²) < 4.78 is 92.8. The van der Waals surface area contributed by atoms with E-state index in [0.717, 1.165) is 13.8 Å². The molecule has 170 valence electrons. The van der Waals surface area contributed by atoms with E-state index in [0.29, 0.717) is 12.1 Å². The minimum atomic E-state index is -5.36. The Balaban J connectivity index is 2.56. The van der Waals surface area contributed by atoms with Gasteiger partial charge in [-0.25, -0.2) is 12.8 Å². The van der Waals surface area contributed by atoms with Crippen LogP contribution in [0.25, 0.3) is 0 Å². The molecule has 0 aliphatic rings. The Kier molecular flexibility index (Phi) is 6.36. The van der Waals surface area contributed by atoms with Gasteiger partial charge in [-0.05, 0) is 32.0 Å². The number of amides is 2. The monoisotopic (exact) mass is 488 g/mol. The molecule has 0 unspecified atom stereocenters. The summed E-state index contributed by atoms with van der Waals surface area (Å²) in [6.07, 6.45) is -5.36. The van der Waals surface area contributed by atoms with Crippen LogP contribution in [-0.2, 0) is 14.6 Å². The molecule has 31 heavy (non-hydrogen) atoms. The van der Waals surface area contributed by atoms with Crippen LogP contribution in [0.1, 0.15) is 24.2 Å². The number of hydrogen-bond acceptors (Lipinski definition) is 7. The quantitative estimate of drug-likeness (QED) is 0.535. The van der Waals surface area contributed by atoms with Gasteiger partial charge in [0, 0.05) is 0 Å². The Hall–Kier alpha value is -2.78. The van der Waals surface area contributed by atoms with Gasteiger partial charge in [0.1, 0.15) is 19.7 Å². The molecule has 2 aromatic rings. The van der Waals surface area contributed by atoms with Gasteiger partial charge >= 0.3 is 6.36 Å². The molecule has 0 saturated heterocycles. The number of alkyl halides is 3. The van der Waals surface area contributed by atoms with E-state index in [1.54, 1.807) is 0 Å². The molecular weight excluding hydrogens is 475 g/mol. The number of nitrogens with one attached hydrogen (secondary N) is 1. The lowest BCUT2D eigenvalue weighted by Gasteiger charge is -2.16. The van der Waals surface area contributed by atoms with Crippen molar-refractivity contribution in [3.63, 3.8) is 0 Å². The van der Waals surface area contributed by atoms with Crippen LogP contribution >= 0.6 is 11.3 Å². The van der Waals surface area contributed by atoms with Gasteiger partial charge in [0.15, 0.2) is 11.6 Å². The molecule has 8 nitrogen and oxygen atoms in total. The fraction of sp³-hybridized carbons (Fsp3) is 0.250. The van der Waals surface area contributed by atoms with Gasteiger partial charge in [-0.1, -0.05) is 0 Å². The molecule has 0 spiro atoms. The Labute approximate surface area is 175 Å². The number of hydrogen-bond donors (Lipinski definition) is 3. The topological polar surface area (TPSA) is 136 Å². The molecule has 0 aliphatic heterocycles. The van der Waals surface area contributed by atoms with E-state index in [2.05, 4.69) is 10.1 Å². The van der Waals surface area contributed by atoms with Gasteiger partial charge in [0.2, 0.25) is 15.7 Å². The van der Waals surface area contributed by atoms with E-state index >= 15 is 0 Å². The van der Waals surface area contributed by atoms with Crippen LogP contribution in [0.2, 0.25) is 0 Å². The first-order chi connectivity index (χ1) is 13.9. The van der Waals surface area contributed by atoms with E-state index in [1.165, 1.54) is 0 Å². The molecule has 0 fully saturated rings. The summed E-state index contributed by atoms with van der Waals surface area (Å²) in [7, 11) is -4.91. The zero-order valence-corrected chi connectivity index (χ0v) is 17.1. The number of carbonyl (C=O) groups excluding carboxylic acids is 2. The largest absolute Gasteiger partial charge is 0.573 e. The van der Waals surface area contributed by atoms with E-state index in [-0.39, 0.29) is 17.4 Å². The molecule has 0 aliphatic carbocycles. The van der Waals surface area contributed by atoms with Crippen molar-refractivity contribution in [2.24, 2.45) is 5.73 Å². The maximum absolute atomic E-state index is 14.3. The molecule has 0 radical (unpaired) electrons. The number of rotatable bonds is 6. The SMILES string of the molecule is CC(C)(O)C(=O)Nc1sc(S(=O)(=O)c2ccc(OC(F)(F)F)c(F)c2F)cc1C(N)=O. The van der Waals surface area contributed by atoms with Gasteiger partial charge in [-0.2, -0.15) is 4.39 Å². The van der Waals surface area contributed by atoms with E-state index in [4.69, 9.17) is 5.73 Å². The second-order valence-electron chi connectivity index (χ2n) is 6.43. The van der Waals surface area contributed by atoms with Gasteiger partial charge in [-0.3, -0.25) is 9.59 Å². The number of ether oxygens (including phenoxy) is 1. The van der Waals surface area contributed by atoms with Crippen LogP contribution in [0.4, 0.5) is 27.0 Å². The fourth-order valence-corrected chi connectivity index (χ4v) is 4.88. The first-order valence-corrected chi connectivity index (χ1v) is 10.2. The normalized spacial score (nSPS) is 12.5. The predicted octanol–water partition coefficient (Wildman–Crippen LogP) is 2.57. The standard InChI is InChI=1S/C16H13F5N2O6S2/c1-15(2,26)14(25)23-13-6(12(22)24)5-9(30-13)31(27,28)8-4-3-7(10(17)11(8)18)29-16(19,20)21/h3-5,26H,1-2H3,(H2,22,24)(H,23,25). The number of sulfone groups is 1. The van der Waals surface area contributed by atoms with Crippen LogP contribution in [0.15, 0.2) is 27.3 Å². The van der Waals surface area contributed by atoms with Crippen LogP contribution in [0.3, 0.4) is 0 Å². The third-order valence-corrected chi connectivity index (χ3v) is 6.84. The molecule has 15 heteroatoms. The van der Waals surface area contributed by atoms with Gasteiger partial charge in [0.25, 0.3) is 11.8 Å². The highest BCUT2D eigenvalue weighted by atomic mass is 32.2. The van der Waals surface area contributed by atoms with E-state index < -0.39 is 70.7 Å². The minimum Gasteiger partial charge on any atom is -0.403 e. The summed E-state index contributed by atoms with van der Waals surface area (Å²) in [5.41, 5.74) is 2.69. The summed E-state index contributed by atoms with van der Waals surface area (Å²) in [5, 5.41) is 11.4. The summed E-state index contributed by atoms with van der Waals surface area (Å²) in [6, 6.07) is 1.27. The van der Waals surface area contributed by atoms with Crippen molar-refractivity contribution >= 4 is 38.0 Å². The van der Waals surface area contributed by atoms with Crippen molar-refractivity contribution in [3.8, 4) is 5.75 Å². The second-order valence-corrected chi connectivity index (χ2v) is 9.62. The number of thiophene rings is 1. The zero-order valence-electron chi connectivity index (χ0n) is 15.5. The van der Waals surface area contributed by atoms with Gasteiger partial charge in [0.05, 0.1) is 5.56 Å². The zero-order chi connectivity index (χ0) is 23.9. The molecule has 1 heterocycles. The van der Waals surface area contributed by atoms with Crippen molar-refractivity contribution in [2.45, 2.75) is 34.9 Å². The van der Waals surface area contributed by atoms with Crippen LogP contribution in [-0.4, -0.2) is 37.3 Å².